The van der Waals surface area contributed by atoms with Crippen LogP contribution in [0.25, 0.3) is 22.2 Å². The average Bonchev–Trinajstić information content (AvgIpc) is 3.44. The maximum Gasteiger partial charge on any atom is 0.230 e. The summed E-state index contributed by atoms with van der Waals surface area (Å²) in [5.74, 6) is 0.134. The van der Waals surface area contributed by atoms with Crippen LogP contribution in [0.5, 0.6) is 0 Å². The van der Waals surface area contributed by atoms with Gasteiger partial charge in [0, 0.05) is 43.3 Å². The molecule has 4 rings (SSSR count). The smallest absolute Gasteiger partial charge is 0.230 e. The van der Waals surface area contributed by atoms with Crippen LogP contribution in [0.2, 0.25) is 25.7 Å². The number of benzene rings is 1. The highest BCUT2D eigenvalue weighted by Crippen LogP contribution is 2.26. The van der Waals surface area contributed by atoms with E-state index in [9.17, 15) is 9.18 Å². The molecule has 1 amide bonds. The predicted molar refractivity (Wildman–Crippen MR) is 145 cm³/mol. The summed E-state index contributed by atoms with van der Waals surface area (Å²) in [4.78, 5) is 17.0. The highest BCUT2D eigenvalue weighted by atomic mass is 28.3. The predicted octanol–water partition coefficient (Wildman–Crippen LogP) is 6.02. The number of ether oxygens (including phenoxy) is 1. The van der Waals surface area contributed by atoms with Crippen molar-refractivity contribution in [3.63, 3.8) is 0 Å². The van der Waals surface area contributed by atoms with Crippen molar-refractivity contribution in [3.05, 3.63) is 59.9 Å². The van der Waals surface area contributed by atoms with Crippen molar-refractivity contribution in [2.75, 3.05) is 11.9 Å². The zero-order valence-corrected chi connectivity index (χ0v) is 23.3. The van der Waals surface area contributed by atoms with Gasteiger partial charge in [0.05, 0.1) is 12.6 Å². The van der Waals surface area contributed by atoms with Gasteiger partial charge in [0.1, 0.15) is 18.3 Å². The number of halogens is 1. The summed E-state index contributed by atoms with van der Waals surface area (Å²) < 4.78 is 27.7. The number of anilines is 1. The van der Waals surface area contributed by atoms with E-state index in [-0.39, 0.29) is 23.3 Å². The first-order chi connectivity index (χ1) is 17.4. The van der Waals surface area contributed by atoms with Gasteiger partial charge in [-0.3, -0.25) is 4.79 Å². The quantitative estimate of drug-likeness (QED) is 0.213. The number of nitrogens with one attached hydrogen (secondary N) is 1. The molecular formula is C27H34FN5O3Si. The summed E-state index contributed by atoms with van der Waals surface area (Å²) >= 11 is 0. The lowest BCUT2D eigenvalue weighted by Crippen LogP contribution is -2.22. The topological polar surface area (TPSA) is 95.1 Å². The first kappa shape index (κ1) is 26.7. The molecule has 0 atom stereocenters. The highest BCUT2D eigenvalue weighted by molar-refractivity contribution is 6.76. The second kappa shape index (κ2) is 10.5. The molecule has 0 spiro atoms. The van der Waals surface area contributed by atoms with Gasteiger partial charge in [-0.25, -0.2) is 14.1 Å². The number of carbonyl (C=O) groups excluding carboxylic acids is 1. The van der Waals surface area contributed by atoms with E-state index in [0.29, 0.717) is 36.1 Å². The summed E-state index contributed by atoms with van der Waals surface area (Å²) in [5.41, 5.74) is 2.21. The van der Waals surface area contributed by atoms with Crippen molar-refractivity contribution >= 4 is 30.8 Å². The first-order valence-corrected chi connectivity index (χ1v) is 16.0. The van der Waals surface area contributed by atoms with Crippen molar-refractivity contribution in [2.24, 2.45) is 0 Å². The third-order valence-electron chi connectivity index (χ3n) is 5.94. The Bertz CT molecular complexity index is 1400. The molecule has 0 unspecified atom stereocenters. The van der Waals surface area contributed by atoms with Crippen LogP contribution in [0.15, 0.2) is 47.2 Å². The van der Waals surface area contributed by atoms with Gasteiger partial charge in [-0.15, -0.1) is 0 Å². The Morgan fingerprint density at radius 3 is 2.59 bits per heavy atom. The number of nitrogens with zero attached hydrogens (tertiary/aromatic N) is 4. The van der Waals surface area contributed by atoms with Crippen molar-refractivity contribution in [1.82, 2.24) is 19.9 Å². The fourth-order valence-electron chi connectivity index (χ4n) is 3.67. The molecule has 1 aromatic carbocycles. The van der Waals surface area contributed by atoms with Crippen LogP contribution >= 0.6 is 0 Å². The zero-order valence-electron chi connectivity index (χ0n) is 22.3. The normalized spacial score (nSPS) is 12.3. The van der Waals surface area contributed by atoms with Gasteiger partial charge in [-0.1, -0.05) is 57.7 Å². The largest absolute Gasteiger partial charge is 0.359 e. The molecule has 0 aliphatic heterocycles. The fourth-order valence-corrected chi connectivity index (χ4v) is 4.43. The van der Waals surface area contributed by atoms with E-state index >= 15 is 0 Å². The molecule has 0 aliphatic rings. The number of aromatic nitrogens is 4. The minimum atomic E-state index is -1.15. The van der Waals surface area contributed by atoms with E-state index in [0.717, 1.165) is 17.0 Å². The molecule has 37 heavy (non-hydrogen) atoms. The van der Waals surface area contributed by atoms with Crippen LogP contribution in [0, 0.1) is 5.82 Å². The fraction of sp³-hybridized carbons (Fsp3) is 0.407. The Morgan fingerprint density at radius 2 is 1.92 bits per heavy atom. The summed E-state index contributed by atoms with van der Waals surface area (Å²) in [6, 6.07) is 9.52. The van der Waals surface area contributed by atoms with Gasteiger partial charge in [0.15, 0.2) is 11.5 Å². The second-order valence-corrected chi connectivity index (χ2v) is 17.1. The third-order valence-corrected chi connectivity index (χ3v) is 7.64. The lowest BCUT2D eigenvalue weighted by molar-refractivity contribution is -0.115. The van der Waals surface area contributed by atoms with Gasteiger partial charge in [0.2, 0.25) is 5.91 Å². The van der Waals surface area contributed by atoms with E-state index < -0.39 is 13.9 Å². The van der Waals surface area contributed by atoms with E-state index in [1.165, 1.54) is 6.07 Å². The molecule has 196 valence electrons. The summed E-state index contributed by atoms with van der Waals surface area (Å²) in [7, 11) is -1.15. The molecule has 0 bridgehead atoms. The van der Waals surface area contributed by atoms with Crippen LogP contribution in [0.4, 0.5) is 10.2 Å². The number of amides is 1. The molecule has 0 aliphatic carbocycles. The van der Waals surface area contributed by atoms with Crippen molar-refractivity contribution < 1.29 is 18.4 Å². The number of rotatable bonds is 9. The molecule has 3 heterocycles. The maximum atomic E-state index is 14.9. The van der Waals surface area contributed by atoms with E-state index in [4.69, 9.17) is 9.26 Å². The minimum Gasteiger partial charge on any atom is -0.359 e. The molecule has 0 saturated heterocycles. The molecular weight excluding hydrogens is 489 g/mol. The lowest BCUT2D eigenvalue weighted by atomic mass is 9.93. The monoisotopic (exact) mass is 523 g/mol. The number of hydrogen-bond donors (Lipinski definition) is 1. The molecule has 1 N–H and O–H groups in total. The molecule has 4 aromatic rings. The van der Waals surface area contributed by atoms with Gasteiger partial charge in [-0.2, -0.15) is 5.10 Å². The second-order valence-electron chi connectivity index (χ2n) is 11.5. The van der Waals surface area contributed by atoms with Gasteiger partial charge >= 0.3 is 0 Å². The number of pyridine rings is 1. The molecule has 10 heteroatoms. The Labute approximate surface area is 217 Å². The molecule has 0 fully saturated rings. The molecule has 3 aromatic heterocycles. The lowest BCUT2D eigenvalue weighted by Gasteiger charge is -2.15. The van der Waals surface area contributed by atoms with Crippen molar-refractivity contribution in [1.29, 1.82) is 0 Å². The van der Waals surface area contributed by atoms with Crippen LogP contribution in [0.1, 0.15) is 32.1 Å². The van der Waals surface area contributed by atoms with Crippen LogP contribution in [0.3, 0.4) is 0 Å². The van der Waals surface area contributed by atoms with E-state index in [1.54, 1.807) is 35.3 Å². The molecule has 0 radical (unpaired) electrons. The Kier molecular flexibility index (Phi) is 7.61. The van der Waals surface area contributed by atoms with Gasteiger partial charge in [0.25, 0.3) is 0 Å². The van der Waals surface area contributed by atoms with Crippen LogP contribution < -0.4 is 5.32 Å². The number of hydrogen-bond acceptors (Lipinski definition) is 6. The Balaban J connectivity index is 1.40. The van der Waals surface area contributed by atoms with Crippen molar-refractivity contribution in [3.8, 4) is 11.1 Å². The highest BCUT2D eigenvalue weighted by Gasteiger charge is 2.21. The summed E-state index contributed by atoms with van der Waals surface area (Å²) in [6.07, 6.45) is 3.31. The van der Waals surface area contributed by atoms with E-state index in [2.05, 4.69) is 40.2 Å². The number of fused-ring (bicyclic) bond motifs is 1. The standard InChI is InChI=1S/C27H34FN5O3Si/c1-27(2,3)23-14-24(32-36-23)31-25(34)13-19-8-7-18(12-22(19)28)20-11-21-16-30-33(26(21)29-15-20)17-35-9-10-37(4,5)6/h7-8,11-12,14-16H,9-10,13,17H2,1-6H3,(H,31,32,34). The minimum absolute atomic E-state index is 0.119. The summed E-state index contributed by atoms with van der Waals surface area (Å²) in [6.45, 7) is 13.9. The molecule has 0 saturated carbocycles. The maximum absolute atomic E-state index is 14.9. The third kappa shape index (κ3) is 6.89. The average molecular weight is 524 g/mol. The Morgan fingerprint density at radius 1 is 1.14 bits per heavy atom. The number of carbonyl (C=O) groups is 1. The van der Waals surface area contributed by atoms with E-state index in [1.807, 2.05) is 26.8 Å². The SMILES string of the molecule is CC(C)(C)c1cc(NC(=O)Cc2ccc(-c3cnc4c(cnn4COCC[Si](C)(C)C)c3)cc2F)no1. The zero-order chi connectivity index (χ0) is 26.8. The molecule has 8 nitrogen and oxygen atoms in total. The first-order valence-electron chi connectivity index (χ1n) is 12.3. The summed E-state index contributed by atoms with van der Waals surface area (Å²) in [5, 5.41) is 11.8. The van der Waals surface area contributed by atoms with Crippen LogP contribution in [-0.2, 0) is 28.1 Å². The van der Waals surface area contributed by atoms with Gasteiger partial charge in [-0.05, 0) is 29.3 Å². The van der Waals surface area contributed by atoms with Gasteiger partial charge < -0.3 is 14.6 Å². The van der Waals surface area contributed by atoms with Crippen LogP contribution in [-0.4, -0.2) is 40.5 Å². The Hall–Kier alpha value is -3.37. The van der Waals surface area contributed by atoms with Crippen molar-refractivity contribution in [2.45, 2.75) is 65.0 Å².